The van der Waals surface area contributed by atoms with Crippen LogP contribution in [0.4, 0.5) is 0 Å². The lowest BCUT2D eigenvalue weighted by atomic mass is 10.0. The van der Waals surface area contributed by atoms with Crippen LogP contribution in [-0.4, -0.2) is 50.9 Å². The van der Waals surface area contributed by atoms with Crippen molar-refractivity contribution in [2.75, 3.05) is 6.61 Å². The van der Waals surface area contributed by atoms with E-state index in [0.717, 1.165) is 22.6 Å². The monoisotopic (exact) mass is 392 g/mol. The minimum atomic E-state index is -1.02. The van der Waals surface area contributed by atoms with Gasteiger partial charge in [-0.15, -0.1) is 23.5 Å². The van der Waals surface area contributed by atoms with Crippen molar-refractivity contribution in [3.05, 3.63) is 71.8 Å². The normalized spacial score (nSPS) is 28.8. The first-order valence-electron chi connectivity index (χ1n) is 8.62. The highest BCUT2D eigenvalue weighted by molar-refractivity contribution is 8.03. The number of ether oxygens (including phenoxy) is 1. The van der Waals surface area contributed by atoms with Crippen LogP contribution in [0.5, 0.6) is 0 Å². The molecule has 1 heterocycles. The maximum Gasteiger partial charge on any atom is 0.168 e. The van der Waals surface area contributed by atoms with E-state index in [-0.39, 0.29) is 17.1 Å². The molecule has 0 unspecified atom stereocenters. The molecule has 2 aromatic rings. The van der Waals surface area contributed by atoms with E-state index < -0.39 is 18.5 Å². The molecule has 0 bridgehead atoms. The molecule has 140 valence electrons. The fourth-order valence-corrected chi connectivity index (χ4v) is 5.86. The molecule has 0 spiro atoms. The van der Waals surface area contributed by atoms with Gasteiger partial charge in [-0.1, -0.05) is 60.7 Å². The quantitative estimate of drug-likeness (QED) is 0.673. The van der Waals surface area contributed by atoms with Gasteiger partial charge in [-0.3, -0.25) is 0 Å². The molecule has 3 N–H and O–H groups in total. The number of aliphatic hydroxyl groups excluding tert-OH is 3. The van der Waals surface area contributed by atoms with Gasteiger partial charge in [0.1, 0.15) is 6.10 Å². The zero-order chi connectivity index (χ0) is 18.4. The molecule has 1 aliphatic rings. The van der Waals surface area contributed by atoms with Crippen molar-refractivity contribution in [3.63, 3.8) is 0 Å². The minimum Gasteiger partial charge on any atom is -0.394 e. The van der Waals surface area contributed by atoms with E-state index in [9.17, 15) is 15.3 Å². The van der Waals surface area contributed by atoms with Crippen LogP contribution in [0, 0.1) is 0 Å². The molecular weight excluding hydrogens is 368 g/mol. The first-order valence-corrected chi connectivity index (χ1v) is 10.7. The van der Waals surface area contributed by atoms with E-state index >= 15 is 0 Å². The third-order valence-electron chi connectivity index (χ3n) is 4.39. The fourth-order valence-electron chi connectivity index (χ4n) is 2.96. The zero-order valence-corrected chi connectivity index (χ0v) is 16.0. The van der Waals surface area contributed by atoms with Gasteiger partial charge in [0, 0.05) is 11.5 Å². The Balaban J connectivity index is 1.69. The molecule has 5 atom stereocenters. The van der Waals surface area contributed by atoms with Gasteiger partial charge in [-0.2, -0.15) is 0 Å². The number of rotatable bonds is 7. The molecule has 0 aliphatic carbocycles. The Labute approximate surface area is 162 Å². The molecule has 0 saturated carbocycles. The van der Waals surface area contributed by atoms with Crippen molar-refractivity contribution in [2.24, 2.45) is 0 Å². The van der Waals surface area contributed by atoms with Crippen LogP contribution in [0.2, 0.25) is 0 Å². The van der Waals surface area contributed by atoms with Crippen LogP contribution in [-0.2, 0) is 16.2 Å². The van der Waals surface area contributed by atoms with Gasteiger partial charge in [-0.25, -0.2) is 0 Å². The van der Waals surface area contributed by atoms with Crippen molar-refractivity contribution >= 4 is 23.5 Å². The van der Waals surface area contributed by atoms with Crippen LogP contribution in [0.1, 0.15) is 11.1 Å². The SMILES string of the molecule is OC[C@H]1O[C@H](O)[C@@H](SCc2ccccc2)[C@H](SCc2ccccc2)[C@H]1O. The van der Waals surface area contributed by atoms with Gasteiger partial charge < -0.3 is 20.1 Å². The Hall–Kier alpha value is -1.02. The molecule has 1 saturated heterocycles. The molecule has 1 aliphatic heterocycles. The predicted octanol–water partition coefficient (Wildman–Crippen LogP) is 2.66. The second kappa shape index (κ2) is 9.78. The lowest BCUT2D eigenvalue weighted by Crippen LogP contribution is -2.56. The molecule has 0 radical (unpaired) electrons. The lowest BCUT2D eigenvalue weighted by Gasteiger charge is -2.42. The second-order valence-electron chi connectivity index (χ2n) is 6.26. The molecule has 6 heteroatoms. The summed E-state index contributed by atoms with van der Waals surface area (Å²) >= 11 is 3.18. The van der Waals surface area contributed by atoms with Crippen LogP contribution in [0.25, 0.3) is 0 Å². The Kier molecular flexibility index (Phi) is 7.42. The first kappa shape index (κ1) is 19.7. The molecule has 4 nitrogen and oxygen atoms in total. The summed E-state index contributed by atoms with van der Waals surface area (Å²) in [4.78, 5) is 0. The lowest BCUT2D eigenvalue weighted by molar-refractivity contribution is -0.201. The van der Waals surface area contributed by atoms with E-state index in [4.69, 9.17) is 4.74 Å². The van der Waals surface area contributed by atoms with Crippen molar-refractivity contribution in [1.82, 2.24) is 0 Å². The highest BCUT2D eigenvalue weighted by atomic mass is 32.2. The van der Waals surface area contributed by atoms with Crippen molar-refractivity contribution in [3.8, 4) is 0 Å². The highest BCUT2D eigenvalue weighted by Crippen LogP contribution is 2.38. The molecule has 0 aromatic heterocycles. The van der Waals surface area contributed by atoms with Crippen LogP contribution >= 0.6 is 23.5 Å². The topological polar surface area (TPSA) is 69.9 Å². The molecule has 1 fully saturated rings. The molecule has 0 amide bonds. The van der Waals surface area contributed by atoms with Crippen molar-refractivity contribution < 1.29 is 20.1 Å². The maximum atomic E-state index is 10.7. The Morgan fingerprint density at radius 2 is 1.27 bits per heavy atom. The summed E-state index contributed by atoms with van der Waals surface area (Å²) in [6, 6.07) is 20.1. The first-order chi connectivity index (χ1) is 12.7. The Bertz CT molecular complexity index is 655. The third-order valence-corrected chi connectivity index (χ3v) is 7.43. The van der Waals surface area contributed by atoms with Gasteiger partial charge in [0.05, 0.1) is 23.2 Å². The van der Waals surface area contributed by atoms with Crippen molar-refractivity contribution in [1.29, 1.82) is 0 Å². The summed E-state index contributed by atoms with van der Waals surface area (Å²) in [5, 5.41) is 30.1. The van der Waals surface area contributed by atoms with Crippen molar-refractivity contribution in [2.45, 2.75) is 40.5 Å². The summed E-state index contributed by atoms with van der Waals surface area (Å²) in [5.74, 6) is 1.46. The molecule has 3 rings (SSSR count). The van der Waals surface area contributed by atoms with Crippen LogP contribution in [0.3, 0.4) is 0 Å². The number of hydrogen-bond donors (Lipinski definition) is 3. The summed E-state index contributed by atoms with van der Waals surface area (Å²) in [5.41, 5.74) is 2.33. The number of hydrogen-bond acceptors (Lipinski definition) is 6. The van der Waals surface area contributed by atoms with E-state index in [0.29, 0.717) is 0 Å². The standard InChI is InChI=1S/C20H24O4S2/c21-11-16-17(22)18(25-12-14-7-3-1-4-8-14)19(20(23)24-16)26-13-15-9-5-2-6-10-15/h1-10,16-23H,11-13H2/t16-,17+,18-,19+,20+/m1/s1. The maximum absolute atomic E-state index is 10.7. The summed E-state index contributed by atoms with van der Waals surface area (Å²) in [7, 11) is 0. The van der Waals surface area contributed by atoms with Gasteiger partial charge >= 0.3 is 0 Å². The highest BCUT2D eigenvalue weighted by Gasteiger charge is 2.44. The smallest absolute Gasteiger partial charge is 0.168 e. The van der Waals surface area contributed by atoms with Crippen LogP contribution < -0.4 is 0 Å². The fraction of sp³-hybridized carbons (Fsp3) is 0.400. The third kappa shape index (κ3) is 5.03. The predicted molar refractivity (Wildman–Crippen MR) is 107 cm³/mol. The van der Waals surface area contributed by atoms with Gasteiger partial charge in [0.2, 0.25) is 0 Å². The number of benzene rings is 2. The van der Waals surface area contributed by atoms with Gasteiger partial charge in [-0.05, 0) is 11.1 Å². The minimum absolute atomic E-state index is 0.232. The summed E-state index contributed by atoms with van der Waals surface area (Å²) < 4.78 is 5.45. The second-order valence-corrected chi connectivity index (χ2v) is 8.59. The molecular formula is C20H24O4S2. The number of aliphatic hydroxyl groups is 3. The average molecular weight is 393 g/mol. The van der Waals surface area contributed by atoms with E-state index in [1.807, 2.05) is 60.7 Å². The van der Waals surface area contributed by atoms with Gasteiger partial charge in [0.15, 0.2) is 6.29 Å². The summed E-state index contributed by atoms with van der Waals surface area (Å²) in [6.07, 6.45) is -2.60. The Morgan fingerprint density at radius 1 is 0.769 bits per heavy atom. The van der Waals surface area contributed by atoms with Gasteiger partial charge in [0.25, 0.3) is 0 Å². The van der Waals surface area contributed by atoms with Crippen LogP contribution in [0.15, 0.2) is 60.7 Å². The molecule has 2 aromatic carbocycles. The van der Waals surface area contributed by atoms with E-state index in [2.05, 4.69) is 0 Å². The largest absolute Gasteiger partial charge is 0.394 e. The zero-order valence-electron chi connectivity index (χ0n) is 14.3. The van der Waals surface area contributed by atoms with E-state index in [1.54, 1.807) is 23.5 Å². The van der Waals surface area contributed by atoms with E-state index in [1.165, 1.54) is 0 Å². The number of thioether (sulfide) groups is 2. The molecule has 26 heavy (non-hydrogen) atoms. The Morgan fingerprint density at radius 3 is 1.77 bits per heavy atom. The average Bonchev–Trinajstić information content (AvgIpc) is 2.69. The summed E-state index contributed by atoms with van der Waals surface area (Å²) in [6.45, 7) is -0.309.